The summed E-state index contributed by atoms with van der Waals surface area (Å²) in [5, 5.41) is 7.48. The van der Waals surface area contributed by atoms with E-state index in [1.165, 1.54) is 12.2 Å². The van der Waals surface area contributed by atoms with Gasteiger partial charge in [0.2, 0.25) is 0 Å². The number of nitrogens with one attached hydrogen (secondary N) is 2. The van der Waals surface area contributed by atoms with Crippen LogP contribution in [-0.4, -0.2) is 31.1 Å². The fraction of sp³-hybridized carbons (Fsp3) is 0.562. The maximum Gasteiger partial charge on any atom is 0.191 e. The molecule has 0 saturated carbocycles. The first-order valence-electron chi connectivity index (χ1n) is 7.47. The van der Waals surface area contributed by atoms with Crippen molar-refractivity contribution in [2.45, 2.75) is 32.7 Å². The van der Waals surface area contributed by atoms with Crippen LogP contribution in [0.3, 0.4) is 0 Å². The number of aliphatic imine (C=N–C) groups is 1. The normalized spacial score (nSPS) is 13.0. The zero-order valence-corrected chi connectivity index (χ0v) is 14.7. The molecule has 0 bridgehead atoms. The van der Waals surface area contributed by atoms with Crippen molar-refractivity contribution < 1.29 is 0 Å². The molecular weight excluding hydrogens is 302 g/mol. The number of halogens is 1. The SMILES string of the molecule is CCNC(=NCCCCSC)NC(C)c1ccccc1Cl. The molecule has 0 heterocycles. The van der Waals surface area contributed by atoms with Gasteiger partial charge in [0.15, 0.2) is 5.96 Å². The van der Waals surface area contributed by atoms with Gasteiger partial charge in [0.25, 0.3) is 0 Å². The summed E-state index contributed by atoms with van der Waals surface area (Å²) < 4.78 is 0. The topological polar surface area (TPSA) is 36.4 Å². The van der Waals surface area contributed by atoms with E-state index in [0.29, 0.717) is 0 Å². The molecule has 3 nitrogen and oxygen atoms in total. The van der Waals surface area contributed by atoms with Crippen molar-refractivity contribution in [3.8, 4) is 0 Å². The lowest BCUT2D eigenvalue weighted by molar-refractivity contribution is 0.683. The van der Waals surface area contributed by atoms with Gasteiger partial charge in [-0.3, -0.25) is 4.99 Å². The lowest BCUT2D eigenvalue weighted by Gasteiger charge is -2.19. The quantitative estimate of drug-likeness (QED) is 0.429. The Morgan fingerprint density at radius 3 is 2.76 bits per heavy atom. The second kappa shape index (κ2) is 10.8. The molecule has 0 aliphatic carbocycles. The summed E-state index contributed by atoms with van der Waals surface area (Å²) in [4.78, 5) is 4.62. The number of nitrogens with zero attached hydrogens (tertiary/aromatic N) is 1. The van der Waals surface area contributed by atoms with Gasteiger partial charge in [-0.2, -0.15) is 11.8 Å². The molecule has 0 radical (unpaired) electrons. The number of benzene rings is 1. The minimum Gasteiger partial charge on any atom is -0.357 e. The van der Waals surface area contributed by atoms with Gasteiger partial charge < -0.3 is 10.6 Å². The third-order valence-electron chi connectivity index (χ3n) is 3.10. The minimum atomic E-state index is 0.127. The van der Waals surface area contributed by atoms with Gasteiger partial charge in [-0.05, 0) is 50.3 Å². The van der Waals surface area contributed by atoms with E-state index in [9.17, 15) is 0 Å². The number of hydrogen-bond acceptors (Lipinski definition) is 2. The number of thioether (sulfide) groups is 1. The molecule has 1 rings (SSSR count). The standard InChI is InChI=1S/C16H26ClN3S/c1-4-18-16(19-11-7-8-12-21-3)20-13(2)14-9-5-6-10-15(14)17/h5-6,9-10,13H,4,7-8,11-12H2,1-3H3,(H2,18,19,20). The van der Waals surface area contributed by atoms with Crippen LogP contribution in [0.15, 0.2) is 29.3 Å². The second-order valence-corrected chi connectivity index (χ2v) is 6.24. The highest BCUT2D eigenvalue weighted by Gasteiger charge is 2.10. The highest BCUT2D eigenvalue weighted by molar-refractivity contribution is 7.98. The summed E-state index contributed by atoms with van der Waals surface area (Å²) in [5.74, 6) is 2.06. The Labute approximate surface area is 138 Å². The Bertz CT molecular complexity index is 437. The number of guanidine groups is 1. The second-order valence-electron chi connectivity index (χ2n) is 4.85. The van der Waals surface area contributed by atoms with Gasteiger partial charge in [0.05, 0.1) is 6.04 Å². The van der Waals surface area contributed by atoms with E-state index in [4.69, 9.17) is 11.6 Å². The molecule has 0 fully saturated rings. The van der Waals surface area contributed by atoms with Crippen molar-refractivity contribution >= 4 is 29.3 Å². The summed E-state index contributed by atoms with van der Waals surface area (Å²) in [6.07, 6.45) is 4.47. The van der Waals surface area contributed by atoms with Crippen molar-refractivity contribution in [2.24, 2.45) is 4.99 Å². The van der Waals surface area contributed by atoms with Crippen LogP contribution in [0.1, 0.15) is 38.3 Å². The fourth-order valence-electron chi connectivity index (χ4n) is 1.98. The van der Waals surface area contributed by atoms with E-state index in [-0.39, 0.29) is 6.04 Å². The third kappa shape index (κ3) is 7.09. The van der Waals surface area contributed by atoms with Crippen LogP contribution in [0.5, 0.6) is 0 Å². The molecule has 0 spiro atoms. The van der Waals surface area contributed by atoms with Gasteiger partial charge in [-0.15, -0.1) is 0 Å². The van der Waals surface area contributed by atoms with E-state index >= 15 is 0 Å². The monoisotopic (exact) mass is 327 g/mol. The average molecular weight is 328 g/mol. The van der Waals surface area contributed by atoms with Gasteiger partial charge in [-0.25, -0.2) is 0 Å². The number of unbranched alkanes of at least 4 members (excludes halogenated alkanes) is 1. The molecule has 2 N–H and O–H groups in total. The van der Waals surface area contributed by atoms with Crippen LogP contribution < -0.4 is 10.6 Å². The van der Waals surface area contributed by atoms with Crippen LogP contribution in [0, 0.1) is 0 Å². The Kier molecular flexibility index (Phi) is 9.35. The molecule has 0 aliphatic rings. The van der Waals surface area contributed by atoms with Crippen molar-refractivity contribution in [3.63, 3.8) is 0 Å². The maximum atomic E-state index is 6.24. The number of hydrogen-bond donors (Lipinski definition) is 2. The highest BCUT2D eigenvalue weighted by Crippen LogP contribution is 2.21. The molecule has 1 atom stereocenters. The Morgan fingerprint density at radius 1 is 1.33 bits per heavy atom. The third-order valence-corrected chi connectivity index (χ3v) is 4.14. The van der Waals surface area contributed by atoms with Gasteiger partial charge in [-0.1, -0.05) is 29.8 Å². The van der Waals surface area contributed by atoms with Gasteiger partial charge >= 0.3 is 0 Å². The molecule has 1 aromatic carbocycles. The Hall–Kier alpha value is -0.870. The average Bonchev–Trinajstić information content (AvgIpc) is 2.47. The molecule has 118 valence electrons. The van der Waals surface area contributed by atoms with Crippen molar-refractivity contribution in [1.82, 2.24) is 10.6 Å². The van der Waals surface area contributed by atoms with Crippen molar-refractivity contribution in [1.29, 1.82) is 0 Å². The van der Waals surface area contributed by atoms with E-state index in [0.717, 1.165) is 36.1 Å². The molecule has 0 amide bonds. The van der Waals surface area contributed by atoms with Gasteiger partial charge in [0.1, 0.15) is 0 Å². The summed E-state index contributed by atoms with van der Waals surface area (Å²) in [7, 11) is 0. The molecule has 0 aromatic heterocycles. The molecular formula is C16H26ClN3S. The smallest absolute Gasteiger partial charge is 0.191 e. The minimum absolute atomic E-state index is 0.127. The van der Waals surface area contributed by atoms with Crippen molar-refractivity contribution in [3.05, 3.63) is 34.9 Å². The first kappa shape index (κ1) is 18.2. The molecule has 1 aromatic rings. The zero-order valence-electron chi connectivity index (χ0n) is 13.2. The van der Waals surface area contributed by atoms with E-state index in [1.54, 1.807) is 0 Å². The van der Waals surface area contributed by atoms with E-state index in [2.05, 4.69) is 35.7 Å². The van der Waals surface area contributed by atoms with Crippen LogP contribution in [0.25, 0.3) is 0 Å². The van der Waals surface area contributed by atoms with Crippen LogP contribution in [0.2, 0.25) is 5.02 Å². The van der Waals surface area contributed by atoms with Gasteiger partial charge in [0, 0.05) is 18.1 Å². The number of rotatable bonds is 8. The molecule has 1 unspecified atom stereocenters. The van der Waals surface area contributed by atoms with E-state index in [1.807, 2.05) is 36.0 Å². The summed E-state index contributed by atoms with van der Waals surface area (Å²) in [6, 6.07) is 8.04. The lowest BCUT2D eigenvalue weighted by atomic mass is 10.1. The van der Waals surface area contributed by atoms with E-state index < -0.39 is 0 Å². The van der Waals surface area contributed by atoms with Crippen LogP contribution in [0.4, 0.5) is 0 Å². The highest BCUT2D eigenvalue weighted by atomic mass is 35.5. The molecule has 0 saturated heterocycles. The predicted octanol–water partition coefficient (Wildman–Crippen LogP) is 4.10. The van der Waals surface area contributed by atoms with Crippen LogP contribution >= 0.6 is 23.4 Å². The fourth-order valence-corrected chi connectivity index (χ4v) is 2.77. The Morgan fingerprint density at radius 2 is 2.10 bits per heavy atom. The zero-order chi connectivity index (χ0) is 15.5. The Balaban J connectivity index is 2.56. The molecule has 5 heteroatoms. The summed E-state index contributed by atoms with van der Waals surface area (Å²) in [6.45, 7) is 5.88. The maximum absolute atomic E-state index is 6.24. The lowest BCUT2D eigenvalue weighted by Crippen LogP contribution is -2.38. The summed E-state index contributed by atoms with van der Waals surface area (Å²) in [5.41, 5.74) is 1.09. The van der Waals surface area contributed by atoms with Crippen LogP contribution in [-0.2, 0) is 0 Å². The predicted molar refractivity (Wildman–Crippen MR) is 96.6 cm³/mol. The first-order chi connectivity index (χ1) is 10.2. The summed E-state index contributed by atoms with van der Waals surface area (Å²) >= 11 is 8.12. The first-order valence-corrected chi connectivity index (χ1v) is 9.24. The van der Waals surface area contributed by atoms with Crippen molar-refractivity contribution in [2.75, 3.05) is 25.1 Å². The molecule has 21 heavy (non-hydrogen) atoms. The molecule has 0 aliphatic heterocycles. The largest absolute Gasteiger partial charge is 0.357 e.